The minimum absolute atomic E-state index is 0.146. The third kappa shape index (κ3) is 4.49. The molecule has 2 aromatic heterocycles. The van der Waals surface area contributed by atoms with Gasteiger partial charge in [0.25, 0.3) is 11.8 Å². The first-order valence-corrected chi connectivity index (χ1v) is 12.1. The Morgan fingerprint density at radius 2 is 2.06 bits per heavy atom. The Hall–Kier alpha value is -2.52. The van der Waals surface area contributed by atoms with Crippen LogP contribution in [0.25, 0.3) is 10.4 Å². The number of amides is 2. The van der Waals surface area contributed by atoms with E-state index >= 15 is 0 Å². The highest BCUT2D eigenvalue weighted by Gasteiger charge is 2.34. The van der Waals surface area contributed by atoms with E-state index in [9.17, 15) is 14.7 Å². The van der Waals surface area contributed by atoms with Crippen LogP contribution < -0.4 is 10.6 Å². The van der Waals surface area contributed by atoms with Crippen LogP contribution in [0.15, 0.2) is 12.3 Å². The van der Waals surface area contributed by atoms with E-state index in [1.165, 1.54) is 11.3 Å². The smallest absolute Gasteiger partial charge is 0.280 e. The predicted molar refractivity (Wildman–Crippen MR) is 125 cm³/mol. The molecule has 0 radical (unpaired) electrons. The van der Waals surface area contributed by atoms with Gasteiger partial charge in [-0.1, -0.05) is 0 Å². The van der Waals surface area contributed by atoms with E-state index in [1.54, 1.807) is 6.20 Å². The maximum atomic E-state index is 13.4. The van der Waals surface area contributed by atoms with Gasteiger partial charge in [-0.2, -0.15) is 0 Å². The van der Waals surface area contributed by atoms with E-state index in [1.807, 2.05) is 38.7 Å². The van der Waals surface area contributed by atoms with Crippen molar-refractivity contribution in [3.63, 3.8) is 0 Å². The maximum Gasteiger partial charge on any atom is 0.280 e. The quantitative estimate of drug-likeness (QED) is 0.615. The summed E-state index contributed by atoms with van der Waals surface area (Å²) in [5, 5.41) is 16.2. The van der Waals surface area contributed by atoms with Gasteiger partial charge in [0.05, 0.1) is 17.0 Å². The predicted octanol–water partition coefficient (Wildman–Crippen LogP) is 3.21. The molecule has 4 rings (SSSR count). The molecule has 1 saturated heterocycles. The molecule has 3 atom stereocenters. The number of carbonyl (C=O) groups is 2. The van der Waals surface area contributed by atoms with Crippen molar-refractivity contribution < 1.29 is 14.7 Å². The highest BCUT2D eigenvalue weighted by atomic mass is 32.1. The van der Waals surface area contributed by atoms with Gasteiger partial charge in [0.15, 0.2) is 5.01 Å². The number of nitrogens with one attached hydrogen (secondary N) is 2. The number of aromatic nitrogens is 2. The summed E-state index contributed by atoms with van der Waals surface area (Å²) >= 11 is 1.21. The molecule has 1 aliphatic carbocycles. The molecule has 0 bridgehead atoms. The molecule has 2 aromatic rings. The molecule has 2 aliphatic rings. The Morgan fingerprint density at radius 3 is 2.62 bits per heavy atom. The van der Waals surface area contributed by atoms with Crippen molar-refractivity contribution in [2.45, 2.75) is 77.6 Å². The Bertz CT molecular complexity index is 1020. The molecule has 3 N–H and O–H groups in total. The first kappa shape index (κ1) is 22.7. The van der Waals surface area contributed by atoms with Gasteiger partial charge in [-0.3, -0.25) is 9.59 Å². The second-order valence-electron chi connectivity index (χ2n) is 9.09. The fourth-order valence-corrected chi connectivity index (χ4v) is 5.20. The lowest BCUT2D eigenvalue weighted by Gasteiger charge is -2.32. The molecule has 2 amide bonds. The van der Waals surface area contributed by atoms with E-state index in [0.29, 0.717) is 23.5 Å². The first-order valence-electron chi connectivity index (χ1n) is 11.3. The summed E-state index contributed by atoms with van der Waals surface area (Å²) in [6.45, 7) is 8.81. The van der Waals surface area contributed by atoms with Gasteiger partial charge in [-0.15, -0.1) is 11.3 Å². The Balaban J connectivity index is 1.70. The number of carbonyl (C=O) groups excluding carboxylic acids is 2. The summed E-state index contributed by atoms with van der Waals surface area (Å²) in [5.74, 6) is 0.272. The molecule has 0 aromatic carbocycles. The van der Waals surface area contributed by atoms with Crippen LogP contribution in [0, 0.1) is 6.92 Å². The third-order valence-corrected chi connectivity index (χ3v) is 7.27. The van der Waals surface area contributed by atoms with E-state index in [2.05, 4.69) is 20.6 Å². The van der Waals surface area contributed by atoms with Gasteiger partial charge < -0.3 is 20.6 Å². The number of rotatable bonds is 6. The van der Waals surface area contributed by atoms with Crippen molar-refractivity contribution in [1.29, 1.82) is 0 Å². The molecule has 1 aliphatic heterocycles. The molecule has 9 heteroatoms. The summed E-state index contributed by atoms with van der Waals surface area (Å²) in [4.78, 5) is 37.8. The number of pyridine rings is 1. The molecular weight excluding hydrogens is 426 g/mol. The average Bonchev–Trinajstić information content (AvgIpc) is 3.36. The van der Waals surface area contributed by atoms with E-state index in [-0.39, 0.29) is 34.9 Å². The highest BCUT2D eigenvalue weighted by molar-refractivity contribution is 7.17. The topological polar surface area (TPSA) is 107 Å². The number of aliphatic hydroxyl groups excluding tert-OH is 1. The van der Waals surface area contributed by atoms with Gasteiger partial charge in [-0.25, -0.2) is 9.97 Å². The average molecular weight is 458 g/mol. The summed E-state index contributed by atoms with van der Waals surface area (Å²) in [5.41, 5.74) is 2.06. The van der Waals surface area contributed by atoms with Crippen LogP contribution in [0.4, 0.5) is 5.82 Å². The van der Waals surface area contributed by atoms with Gasteiger partial charge in [0.2, 0.25) is 0 Å². The standard InChI is InChI=1S/C23H31N5O3S/c1-12(2)25-18-10-13(3)15(11-24-18)20-19(23(31)28-9-5-6-14(28)4)27-22(32-20)21(30)26-16-7-8-17(16)29/h10-12,14,16-17,29H,5-9H2,1-4H3,(H,24,25)(H,26,30)/t14-,16+,17-/m0/s1. The summed E-state index contributed by atoms with van der Waals surface area (Å²) in [6, 6.07) is 2.10. The van der Waals surface area contributed by atoms with Gasteiger partial charge in [-0.05, 0) is 65.0 Å². The van der Waals surface area contributed by atoms with Crippen LogP contribution in [-0.2, 0) is 0 Å². The number of thiazole rings is 1. The number of hydrogen-bond donors (Lipinski definition) is 3. The lowest BCUT2D eigenvalue weighted by atomic mass is 9.89. The number of hydrogen-bond acceptors (Lipinski definition) is 7. The van der Waals surface area contributed by atoms with Gasteiger partial charge in [0, 0.05) is 30.4 Å². The minimum atomic E-state index is -0.516. The lowest BCUT2D eigenvalue weighted by Crippen LogP contribution is -2.50. The Labute approximate surface area is 192 Å². The number of anilines is 1. The van der Waals surface area contributed by atoms with Crippen molar-refractivity contribution in [3.8, 4) is 10.4 Å². The lowest BCUT2D eigenvalue weighted by molar-refractivity contribution is 0.0447. The highest BCUT2D eigenvalue weighted by Crippen LogP contribution is 2.35. The zero-order valence-electron chi connectivity index (χ0n) is 19.0. The fourth-order valence-electron chi connectivity index (χ4n) is 4.17. The van der Waals surface area contributed by atoms with E-state index in [4.69, 9.17) is 0 Å². The van der Waals surface area contributed by atoms with Crippen molar-refractivity contribution in [2.24, 2.45) is 0 Å². The normalized spacial score (nSPS) is 22.7. The van der Waals surface area contributed by atoms with Crippen LogP contribution in [0.2, 0.25) is 0 Å². The Kier molecular flexibility index (Phi) is 6.48. The maximum absolute atomic E-state index is 13.4. The number of nitrogens with zero attached hydrogens (tertiary/aromatic N) is 3. The fraction of sp³-hybridized carbons (Fsp3) is 0.565. The van der Waals surface area contributed by atoms with Crippen LogP contribution in [-0.4, -0.2) is 62.6 Å². The van der Waals surface area contributed by atoms with Gasteiger partial charge >= 0.3 is 0 Å². The number of likely N-dealkylation sites (tertiary alicyclic amines) is 1. The summed E-state index contributed by atoms with van der Waals surface area (Å²) in [7, 11) is 0. The third-order valence-electron chi connectivity index (χ3n) is 6.18. The molecular formula is C23H31N5O3S. The first-order chi connectivity index (χ1) is 15.2. The molecule has 32 heavy (non-hydrogen) atoms. The van der Waals surface area contributed by atoms with Crippen molar-refractivity contribution in [1.82, 2.24) is 20.2 Å². The molecule has 172 valence electrons. The molecule has 3 heterocycles. The second-order valence-corrected chi connectivity index (χ2v) is 10.1. The largest absolute Gasteiger partial charge is 0.391 e. The van der Waals surface area contributed by atoms with Crippen molar-refractivity contribution in [3.05, 3.63) is 28.5 Å². The molecule has 2 fully saturated rings. The monoisotopic (exact) mass is 457 g/mol. The van der Waals surface area contributed by atoms with Crippen LogP contribution in [0.1, 0.15) is 72.3 Å². The van der Waals surface area contributed by atoms with E-state index < -0.39 is 6.10 Å². The van der Waals surface area contributed by atoms with Crippen LogP contribution in [0.5, 0.6) is 0 Å². The SMILES string of the molecule is Cc1cc(NC(C)C)ncc1-c1sc(C(=O)N[C@@H]2CC[C@@H]2O)nc1C(=O)N1CCC[C@@H]1C. The number of aliphatic hydroxyl groups is 1. The van der Waals surface area contributed by atoms with Gasteiger partial charge in [0.1, 0.15) is 11.5 Å². The minimum Gasteiger partial charge on any atom is -0.391 e. The molecule has 0 unspecified atom stereocenters. The molecule has 0 spiro atoms. The zero-order chi connectivity index (χ0) is 23.0. The molecule has 1 saturated carbocycles. The molecule has 8 nitrogen and oxygen atoms in total. The second kappa shape index (κ2) is 9.15. The van der Waals surface area contributed by atoms with Crippen molar-refractivity contribution >= 4 is 29.0 Å². The van der Waals surface area contributed by atoms with Crippen LogP contribution >= 0.6 is 11.3 Å². The summed E-state index contributed by atoms with van der Waals surface area (Å²) in [6.07, 6.45) is 4.60. The summed E-state index contributed by atoms with van der Waals surface area (Å²) < 4.78 is 0. The number of aryl methyl sites for hydroxylation is 1. The Morgan fingerprint density at radius 1 is 1.28 bits per heavy atom. The van der Waals surface area contributed by atoms with E-state index in [0.717, 1.165) is 36.2 Å². The van der Waals surface area contributed by atoms with Crippen LogP contribution in [0.3, 0.4) is 0 Å². The van der Waals surface area contributed by atoms with Crippen molar-refractivity contribution in [2.75, 3.05) is 11.9 Å². The zero-order valence-corrected chi connectivity index (χ0v) is 19.8.